The van der Waals surface area contributed by atoms with Gasteiger partial charge in [-0.1, -0.05) is 23.2 Å². The average Bonchev–Trinajstić information content (AvgIpc) is 2.73. The minimum absolute atomic E-state index is 0. The highest BCUT2D eigenvalue weighted by Gasteiger charge is 2.27. The summed E-state index contributed by atoms with van der Waals surface area (Å²) in [5.74, 6) is 0.821. The van der Waals surface area contributed by atoms with Crippen molar-refractivity contribution in [2.75, 3.05) is 32.7 Å². The van der Waals surface area contributed by atoms with Crippen molar-refractivity contribution in [3.8, 4) is 5.75 Å². The second-order valence-corrected chi connectivity index (χ2v) is 5.71. The van der Waals surface area contributed by atoms with Crippen molar-refractivity contribution in [3.63, 3.8) is 0 Å². The Kier molecular flexibility index (Phi) is 7.19. The monoisotopic (exact) mass is 358 g/mol. The predicted molar refractivity (Wildman–Crippen MR) is 88.4 cm³/mol. The van der Waals surface area contributed by atoms with Gasteiger partial charge in [-0.05, 0) is 12.1 Å². The molecule has 0 saturated carbocycles. The Hall–Kier alpha value is 0.1000. The van der Waals surface area contributed by atoms with Gasteiger partial charge >= 0.3 is 0 Å². The van der Waals surface area contributed by atoms with E-state index in [1.165, 1.54) is 0 Å². The second-order valence-electron chi connectivity index (χ2n) is 4.87. The maximum Gasteiger partial charge on any atom is 0.141 e. The van der Waals surface area contributed by atoms with Crippen molar-refractivity contribution >= 4 is 48.0 Å². The molecule has 1 unspecified atom stereocenters. The summed E-state index contributed by atoms with van der Waals surface area (Å²) in [4.78, 5) is 2.43. The summed E-state index contributed by atoms with van der Waals surface area (Å²) >= 11 is 12.2. The van der Waals surface area contributed by atoms with E-state index >= 15 is 0 Å². The summed E-state index contributed by atoms with van der Waals surface area (Å²) in [6, 6.07) is 3.70. The van der Waals surface area contributed by atoms with Crippen LogP contribution in [0.25, 0.3) is 0 Å². The number of halogens is 4. The van der Waals surface area contributed by atoms with Gasteiger partial charge < -0.3 is 10.1 Å². The van der Waals surface area contributed by atoms with E-state index in [2.05, 4.69) is 10.2 Å². The number of fused-ring (bicyclic) bond motifs is 1. The van der Waals surface area contributed by atoms with Gasteiger partial charge in [0.25, 0.3) is 0 Å². The molecule has 2 aliphatic heterocycles. The number of piperazine rings is 1. The first-order chi connectivity index (χ1) is 8.72. The van der Waals surface area contributed by atoms with Gasteiger partial charge in [-0.25, -0.2) is 0 Å². The molecule has 2 heterocycles. The molecule has 1 aromatic carbocycles. The molecule has 0 aliphatic carbocycles. The summed E-state index contributed by atoms with van der Waals surface area (Å²) in [6.45, 7) is 5.26. The summed E-state index contributed by atoms with van der Waals surface area (Å²) < 4.78 is 5.94. The fraction of sp³-hybridized carbons (Fsp3) is 0.538. The molecule has 1 fully saturated rings. The predicted octanol–water partition coefficient (Wildman–Crippen LogP) is 3.05. The molecule has 0 bridgehead atoms. The molecule has 0 amide bonds. The van der Waals surface area contributed by atoms with E-state index < -0.39 is 0 Å². The lowest BCUT2D eigenvalue weighted by molar-refractivity contribution is 0.140. The van der Waals surface area contributed by atoms with E-state index in [-0.39, 0.29) is 30.9 Å². The maximum absolute atomic E-state index is 6.15. The maximum atomic E-state index is 6.15. The smallest absolute Gasteiger partial charge is 0.141 e. The fourth-order valence-electron chi connectivity index (χ4n) is 2.63. The Morgan fingerprint density at radius 1 is 1.20 bits per heavy atom. The van der Waals surface area contributed by atoms with Crippen molar-refractivity contribution in [2.24, 2.45) is 0 Å². The fourth-order valence-corrected chi connectivity index (χ4v) is 3.21. The number of ether oxygens (including phenoxy) is 1. The number of nitrogens with zero attached hydrogens (tertiary/aromatic N) is 1. The zero-order valence-corrected chi connectivity index (χ0v) is 14.0. The van der Waals surface area contributed by atoms with Crippen LogP contribution < -0.4 is 10.1 Å². The van der Waals surface area contributed by atoms with Crippen LogP contribution in [-0.2, 0) is 6.42 Å². The Bertz CT molecular complexity index is 452. The third-order valence-electron chi connectivity index (χ3n) is 3.49. The van der Waals surface area contributed by atoms with Crippen LogP contribution in [0.2, 0.25) is 10.0 Å². The highest BCUT2D eigenvalue weighted by atomic mass is 35.5. The minimum atomic E-state index is 0. The number of hydrogen-bond acceptors (Lipinski definition) is 3. The molecule has 20 heavy (non-hydrogen) atoms. The third-order valence-corrected chi connectivity index (χ3v) is 3.99. The number of benzene rings is 1. The SMILES string of the molecule is Cl.Cl.Clc1cc(Cl)c2c(c1)CC(CN1CCNCC1)O2. The first-order valence-electron chi connectivity index (χ1n) is 6.30. The minimum Gasteiger partial charge on any atom is -0.487 e. The summed E-state index contributed by atoms with van der Waals surface area (Å²) in [5.41, 5.74) is 1.13. The standard InChI is InChI=1S/C13H16Cl2N2O.2ClH/c14-10-5-9-6-11(18-13(9)12(15)7-10)8-17-3-1-16-2-4-17;;/h5,7,11,16H,1-4,6,8H2;2*1H. The lowest BCUT2D eigenvalue weighted by Crippen LogP contribution is -2.47. The molecule has 3 rings (SSSR count). The van der Waals surface area contributed by atoms with Gasteiger partial charge in [-0.3, -0.25) is 4.90 Å². The topological polar surface area (TPSA) is 24.5 Å². The van der Waals surface area contributed by atoms with E-state index in [1.807, 2.05) is 6.07 Å². The quantitative estimate of drug-likeness (QED) is 0.878. The first kappa shape index (κ1) is 18.1. The van der Waals surface area contributed by atoms with Crippen LogP contribution in [0.5, 0.6) is 5.75 Å². The summed E-state index contributed by atoms with van der Waals surface area (Å²) in [7, 11) is 0. The number of hydrogen-bond donors (Lipinski definition) is 1. The second kappa shape index (κ2) is 7.92. The van der Waals surface area contributed by atoms with Crippen molar-refractivity contribution in [2.45, 2.75) is 12.5 Å². The lowest BCUT2D eigenvalue weighted by Gasteiger charge is -2.29. The van der Waals surface area contributed by atoms with E-state index in [9.17, 15) is 0 Å². The first-order valence-corrected chi connectivity index (χ1v) is 7.05. The van der Waals surface area contributed by atoms with Gasteiger partial charge in [0.05, 0.1) is 5.02 Å². The van der Waals surface area contributed by atoms with Gasteiger partial charge in [-0.2, -0.15) is 0 Å². The molecular formula is C13H18Cl4N2O. The molecule has 0 aromatic heterocycles. The zero-order valence-electron chi connectivity index (χ0n) is 10.9. The summed E-state index contributed by atoms with van der Waals surface area (Å²) in [5, 5.41) is 4.66. The van der Waals surface area contributed by atoms with Crippen LogP contribution in [-0.4, -0.2) is 43.7 Å². The van der Waals surface area contributed by atoms with Crippen LogP contribution in [0.15, 0.2) is 12.1 Å². The molecule has 1 N–H and O–H groups in total. The molecule has 114 valence electrons. The van der Waals surface area contributed by atoms with Crippen LogP contribution >= 0.6 is 48.0 Å². The normalized spacial score (nSPS) is 21.4. The Morgan fingerprint density at radius 3 is 2.60 bits per heavy atom. The van der Waals surface area contributed by atoms with E-state index in [1.54, 1.807) is 6.07 Å². The van der Waals surface area contributed by atoms with E-state index in [4.69, 9.17) is 27.9 Å². The molecule has 7 heteroatoms. The van der Waals surface area contributed by atoms with Crippen LogP contribution in [0.1, 0.15) is 5.56 Å². The highest BCUT2D eigenvalue weighted by molar-refractivity contribution is 6.35. The van der Waals surface area contributed by atoms with Crippen molar-refractivity contribution in [1.82, 2.24) is 10.2 Å². The molecule has 1 aromatic rings. The molecule has 2 aliphatic rings. The average molecular weight is 360 g/mol. The number of rotatable bonds is 2. The Balaban J connectivity index is 0.000001000. The molecule has 3 nitrogen and oxygen atoms in total. The van der Waals surface area contributed by atoms with Crippen LogP contribution in [0.4, 0.5) is 0 Å². The zero-order chi connectivity index (χ0) is 12.5. The van der Waals surface area contributed by atoms with Gasteiger partial charge in [0.1, 0.15) is 11.9 Å². The lowest BCUT2D eigenvalue weighted by atomic mass is 10.1. The van der Waals surface area contributed by atoms with Gasteiger partial charge in [0.15, 0.2) is 0 Å². The van der Waals surface area contributed by atoms with Crippen molar-refractivity contribution in [1.29, 1.82) is 0 Å². The molecule has 0 spiro atoms. The Labute approximate surface area is 141 Å². The summed E-state index contributed by atoms with van der Waals surface area (Å²) in [6.07, 6.45) is 1.11. The van der Waals surface area contributed by atoms with E-state index in [0.717, 1.165) is 50.5 Å². The van der Waals surface area contributed by atoms with Gasteiger partial charge in [0.2, 0.25) is 0 Å². The van der Waals surface area contributed by atoms with Crippen molar-refractivity contribution in [3.05, 3.63) is 27.7 Å². The van der Waals surface area contributed by atoms with E-state index in [0.29, 0.717) is 10.0 Å². The van der Waals surface area contributed by atoms with Crippen LogP contribution in [0.3, 0.4) is 0 Å². The highest BCUT2D eigenvalue weighted by Crippen LogP contribution is 2.38. The molecule has 0 radical (unpaired) electrons. The van der Waals surface area contributed by atoms with Crippen molar-refractivity contribution < 1.29 is 4.74 Å². The molecule has 1 atom stereocenters. The molecular weight excluding hydrogens is 342 g/mol. The van der Waals surface area contributed by atoms with Gasteiger partial charge in [-0.15, -0.1) is 24.8 Å². The van der Waals surface area contributed by atoms with Gasteiger partial charge in [0, 0.05) is 49.7 Å². The third kappa shape index (κ3) is 4.06. The number of nitrogens with one attached hydrogen (secondary N) is 1. The van der Waals surface area contributed by atoms with Crippen LogP contribution in [0, 0.1) is 0 Å². The molecule has 1 saturated heterocycles. The largest absolute Gasteiger partial charge is 0.487 e. The Morgan fingerprint density at radius 2 is 1.90 bits per heavy atom.